The Morgan fingerprint density at radius 1 is 1.33 bits per heavy atom. The van der Waals surface area contributed by atoms with E-state index < -0.39 is 33.7 Å². The van der Waals surface area contributed by atoms with Crippen molar-refractivity contribution in [2.45, 2.75) is 6.92 Å². The van der Waals surface area contributed by atoms with E-state index in [4.69, 9.17) is 0 Å². The van der Waals surface area contributed by atoms with Crippen molar-refractivity contribution in [2.75, 3.05) is 5.32 Å². The quantitative estimate of drug-likeness (QED) is 0.696. The smallest absolute Gasteiger partial charge is 0.306 e. The SMILES string of the molecule is Cc1cccnc1NC(=O)c1cc(F)c([N+](=O)[O-])cc1F. The number of hydrogen-bond acceptors (Lipinski definition) is 4. The van der Waals surface area contributed by atoms with Gasteiger partial charge in [0.2, 0.25) is 5.82 Å². The van der Waals surface area contributed by atoms with Gasteiger partial charge in [-0.2, -0.15) is 4.39 Å². The molecule has 0 saturated heterocycles. The van der Waals surface area contributed by atoms with Crippen LogP contribution in [0.5, 0.6) is 0 Å². The molecule has 0 fully saturated rings. The van der Waals surface area contributed by atoms with Crippen LogP contribution in [-0.2, 0) is 0 Å². The monoisotopic (exact) mass is 293 g/mol. The first-order chi connectivity index (χ1) is 9.90. The third kappa shape index (κ3) is 2.99. The summed E-state index contributed by atoms with van der Waals surface area (Å²) < 4.78 is 27.1. The number of benzene rings is 1. The molecule has 1 aromatic heterocycles. The van der Waals surface area contributed by atoms with Crippen LogP contribution in [0.25, 0.3) is 0 Å². The molecule has 1 aromatic carbocycles. The topological polar surface area (TPSA) is 85.1 Å². The van der Waals surface area contributed by atoms with Crippen LogP contribution < -0.4 is 5.32 Å². The average molecular weight is 293 g/mol. The van der Waals surface area contributed by atoms with Crippen LogP contribution in [0.1, 0.15) is 15.9 Å². The number of carbonyl (C=O) groups excluding carboxylic acids is 1. The molecule has 0 atom stereocenters. The Morgan fingerprint density at radius 2 is 2.05 bits per heavy atom. The first kappa shape index (κ1) is 14.5. The highest BCUT2D eigenvalue weighted by molar-refractivity contribution is 6.04. The van der Waals surface area contributed by atoms with Crippen LogP contribution in [0.15, 0.2) is 30.5 Å². The lowest BCUT2D eigenvalue weighted by atomic mass is 10.1. The van der Waals surface area contributed by atoms with Crippen molar-refractivity contribution in [3.63, 3.8) is 0 Å². The summed E-state index contributed by atoms with van der Waals surface area (Å²) in [5, 5.41) is 12.8. The van der Waals surface area contributed by atoms with Gasteiger partial charge in [-0.15, -0.1) is 0 Å². The Morgan fingerprint density at radius 3 is 2.67 bits per heavy atom. The largest absolute Gasteiger partial charge is 0.307 e. The van der Waals surface area contributed by atoms with E-state index in [-0.39, 0.29) is 5.82 Å². The average Bonchev–Trinajstić information content (AvgIpc) is 2.43. The summed E-state index contributed by atoms with van der Waals surface area (Å²) >= 11 is 0. The van der Waals surface area contributed by atoms with Crippen LogP contribution >= 0.6 is 0 Å². The molecule has 1 amide bonds. The molecule has 0 radical (unpaired) electrons. The number of halogens is 2. The van der Waals surface area contributed by atoms with E-state index in [1.807, 2.05) is 0 Å². The van der Waals surface area contributed by atoms with E-state index in [1.54, 1.807) is 19.1 Å². The number of rotatable bonds is 3. The van der Waals surface area contributed by atoms with Crippen molar-refractivity contribution < 1.29 is 18.5 Å². The standard InChI is InChI=1S/C13H9F2N3O3/c1-7-3-2-4-16-12(7)17-13(19)8-5-10(15)11(18(20)21)6-9(8)14/h2-6H,1H3,(H,16,17,19). The molecule has 0 saturated carbocycles. The predicted molar refractivity (Wildman–Crippen MR) is 69.9 cm³/mol. The minimum absolute atomic E-state index is 0.195. The third-order valence-electron chi connectivity index (χ3n) is 2.72. The molecule has 108 valence electrons. The first-order valence-corrected chi connectivity index (χ1v) is 5.76. The Balaban J connectivity index is 2.34. The van der Waals surface area contributed by atoms with Crippen molar-refractivity contribution in [2.24, 2.45) is 0 Å². The molecule has 0 spiro atoms. The second-order valence-corrected chi connectivity index (χ2v) is 4.16. The van der Waals surface area contributed by atoms with E-state index in [1.165, 1.54) is 6.20 Å². The lowest BCUT2D eigenvalue weighted by Gasteiger charge is -2.07. The molecular formula is C13H9F2N3O3. The Labute approximate surface area is 117 Å². The fourth-order valence-corrected chi connectivity index (χ4v) is 1.64. The van der Waals surface area contributed by atoms with E-state index in [9.17, 15) is 23.7 Å². The molecule has 0 bridgehead atoms. The zero-order valence-electron chi connectivity index (χ0n) is 10.8. The fourth-order valence-electron chi connectivity index (χ4n) is 1.64. The molecule has 1 N–H and O–H groups in total. The van der Waals surface area contributed by atoms with Gasteiger partial charge in [0.1, 0.15) is 11.6 Å². The van der Waals surface area contributed by atoms with Crippen molar-refractivity contribution in [1.82, 2.24) is 4.98 Å². The molecule has 8 heteroatoms. The van der Waals surface area contributed by atoms with Gasteiger partial charge < -0.3 is 5.32 Å². The minimum Gasteiger partial charge on any atom is -0.306 e. The number of aromatic nitrogens is 1. The number of nitro benzene ring substituents is 1. The molecule has 0 aliphatic carbocycles. The van der Waals surface area contributed by atoms with Crippen molar-refractivity contribution in [3.05, 3.63) is 63.3 Å². The third-order valence-corrected chi connectivity index (χ3v) is 2.72. The van der Waals surface area contributed by atoms with E-state index >= 15 is 0 Å². The number of nitro groups is 1. The highest BCUT2D eigenvalue weighted by atomic mass is 19.1. The molecule has 2 rings (SSSR count). The Kier molecular flexibility index (Phi) is 3.88. The Bertz CT molecular complexity index is 735. The summed E-state index contributed by atoms with van der Waals surface area (Å²) in [6.07, 6.45) is 1.43. The lowest BCUT2D eigenvalue weighted by Crippen LogP contribution is -2.16. The van der Waals surface area contributed by atoms with Gasteiger partial charge in [0.15, 0.2) is 0 Å². The number of amides is 1. The van der Waals surface area contributed by atoms with Gasteiger partial charge in [-0.05, 0) is 24.6 Å². The Hall–Kier alpha value is -2.90. The van der Waals surface area contributed by atoms with Gasteiger partial charge in [-0.1, -0.05) is 6.07 Å². The van der Waals surface area contributed by atoms with Crippen molar-refractivity contribution in [3.8, 4) is 0 Å². The second kappa shape index (κ2) is 5.61. The normalized spacial score (nSPS) is 10.2. The van der Waals surface area contributed by atoms with E-state index in [0.717, 1.165) is 0 Å². The maximum Gasteiger partial charge on any atom is 0.307 e. The van der Waals surface area contributed by atoms with Gasteiger partial charge in [-0.25, -0.2) is 9.37 Å². The maximum absolute atomic E-state index is 13.7. The summed E-state index contributed by atoms with van der Waals surface area (Å²) in [5.41, 5.74) is -1.03. The van der Waals surface area contributed by atoms with Crippen molar-refractivity contribution in [1.29, 1.82) is 0 Å². The highest BCUT2D eigenvalue weighted by Gasteiger charge is 2.22. The second-order valence-electron chi connectivity index (χ2n) is 4.16. The molecule has 1 heterocycles. The first-order valence-electron chi connectivity index (χ1n) is 5.76. The molecule has 2 aromatic rings. The van der Waals surface area contributed by atoms with Crippen LogP contribution in [0, 0.1) is 28.7 Å². The van der Waals surface area contributed by atoms with E-state index in [2.05, 4.69) is 10.3 Å². The summed E-state index contributed by atoms with van der Waals surface area (Å²) in [7, 11) is 0. The van der Waals surface area contributed by atoms with Crippen LogP contribution in [0.2, 0.25) is 0 Å². The fraction of sp³-hybridized carbons (Fsp3) is 0.0769. The number of pyridine rings is 1. The number of nitrogens with zero attached hydrogens (tertiary/aromatic N) is 2. The number of nitrogens with one attached hydrogen (secondary N) is 1. The molecule has 0 aliphatic heterocycles. The summed E-state index contributed by atoms with van der Waals surface area (Å²) in [6.45, 7) is 1.68. The van der Waals surface area contributed by atoms with Gasteiger partial charge in [0.05, 0.1) is 16.6 Å². The number of aryl methyl sites for hydroxylation is 1. The number of anilines is 1. The predicted octanol–water partition coefficient (Wildman–Crippen LogP) is 2.83. The van der Waals surface area contributed by atoms with Crippen molar-refractivity contribution >= 4 is 17.4 Å². The summed E-state index contributed by atoms with van der Waals surface area (Å²) in [4.78, 5) is 25.2. The molecule has 0 unspecified atom stereocenters. The molecule has 21 heavy (non-hydrogen) atoms. The van der Waals surface area contributed by atoms with Crippen LogP contribution in [0.3, 0.4) is 0 Å². The van der Waals surface area contributed by atoms with E-state index in [0.29, 0.717) is 17.7 Å². The zero-order valence-corrected chi connectivity index (χ0v) is 10.8. The van der Waals surface area contributed by atoms with Gasteiger partial charge >= 0.3 is 5.69 Å². The highest BCUT2D eigenvalue weighted by Crippen LogP contribution is 2.22. The molecule has 6 nitrogen and oxygen atoms in total. The zero-order chi connectivity index (χ0) is 15.6. The number of carbonyl (C=O) groups is 1. The minimum atomic E-state index is -1.29. The number of hydrogen-bond donors (Lipinski definition) is 1. The molecular weight excluding hydrogens is 284 g/mol. The van der Waals surface area contributed by atoms with Gasteiger partial charge in [-0.3, -0.25) is 14.9 Å². The lowest BCUT2D eigenvalue weighted by molar-refractivity contribution is -0.387. The summed E-state index contributed by atoms with van der Waals surface area (Å²) in [5.74, 6) is -3.22. The van der Waals surface area contributed by atoms with Crippen LogP contribution in [0.4, 0.5) is 20.3 Å². The van der Waals surface area contributed by atoms with Crippen LogP contribution in [-0.4, -0.2) is 15.8 Å². The van der Waals surface area contributed by atoms with Gasteiger partial charge in [0.25, 0.3) is 5.91 Å². The summed E-state index contributed by atoms with van der Waals surface area (Å²) in [6, 6.07) is 4.18. The molecule has 0 aliphatic rings. The maximum atomic E-state index is 13.7. The van der Waals surface area contributed by atoms with Gasteiger partial charge in [0, 0.05) is 6.20 Å².